The SMILES string of the molecule is CC(C)CN(C[B-](F)(F)F)C1CCCC1.[K+]. The van der Waals surface area contributed by atoms with Crippen LogP contribution in [0.2, 0.25) is 0 Å². The number of hydrogen-bond donors (Lipinski definition) is 0. The van der Waals surface area contributed by atoms with Crippen LogP contribution >= 0.6 is 0 Å². The van der Waals surface area contributed by atoms with Crippen molar-refractivity contribution in [2.75, 3.05) is 13.0 Å². The van der Waals surface area contributed by atoms with Crippen molar-refractivity contribution in [2.24, 2.45) is 5.92 Å². The van der Waals surface area contributed by atoms with Gasteiger partial charge in [0.15, 0.2) is 0 Å². The summed E-state index contributed by atoms with van der Waals surface area (Å²) in [5.74, 6) is 0.309. The Kier molecular flexibility index (Phi) is 8.50. The van der Waals surface area contributed by atoms with Gasteiger partial charge in [-0.05, 0) is 31.7 Å². The quantitative estimate of drug-likeness (QED) is 0.642. The van der Waals surface area contributed by atoms with Crippen LogP contribution in [-0.4, -0.2) is 30.9 Å². The summed E-state index contributed by atoms with van der Waals surface area (Å²) < 4.78 is 37.3. The molecule has 1 fully saturated rings. The van der Waals surface area contributed by atoms with Crippen LogP contribution in [0.4, 0.5) is 12.9 Å². The maximum Gasteiger partial charge on any atom is 1.00 e. The zero-order chi connectivity index (χ0) is 11.5. The molecule has 1 rings (SSSR count). The molecule has 0 saturated heterocycles. The van der Waals surface area contributed by atoms with Gasteiger partial charge in [-0.1, -0.05) is 26.7 Å². The predicted molar refractivity (Wildman–Crippen MR) is 57.7 cm³/mol. The van der Waals surface area contributed by atoms with Gasteiger partial charge in [0.1, 0.15) is 0 Å². The smallest absolute Gasteiger partial charge is 0.448 e. The third-order valence-electron chi connectivity index (χ3n) is 2.88. The van der Waals surface area contributed by atoms with Crippen LogP contribution in [0.1, 0.15) is 39.5 Å². The molecule has 1 aliphatic rings. The molecule has 16 heavy (non-hydrogen) atoms. The Balaban J connectivity index is 0.00000225. The van der Waals surface area contributed by atoms with Gasteiger partial charge in [0.25, 0.3) is 0 Å². The topological polar surface area (TPSA) is 3.24 Å². The Morgan fingerprint density at radius 2 is 1.69 bits per heavy atom. The number of halogens is 3. The molecule has 1 aliphatic carbocycles. The summed E-state index contributed by atoms with van der Waals surface area (Å²) in [7, 11) is 0. The predicted octanol–water partition coefficient (Wildman–Crippen LogP) is 0.278. The van der Waals surface area contributed by atoms with Crippen LogP contribution in [0, 0.1) is 5.92 Å². The summed E-state index contributed by atoms with van der Waals surface area (Å²) in [6.07, 6.45) is 3.38. The first kappa shape index (κ1) is 17.5. The van der Waals surface area contributed by atoms with E-state index in [0.717, 1.165) is 25.7 Å². The molecule has 0 aliphatic heterocycles. The fourth-order valence-electron chi connectivity index (χ4n) is 2.38. The van der Waals surface area contributed by atoms with E-state index in [1.54, 1.807) is 4.90 Å². The molecule has 0 N–H and O–H groups in total. The fraction of sp³-hybridized carbons (Fsp3) is 1.00. The van der Waals surface area contributed by atoms with Gasteiger partial charge in [-0.25, -0.2) is 0 Å². The maximum absolute atomic E-state index is 12.4. The third kappa shape index (κ3) is 7.01. The van der Waals surface area contributed by atoms with Crippen LogP contribution in [0.25, 0.3) is 0 Å². The monoisotopic (exact) mass is 261 g/mol. The first-order valence-electron chi connectivity index (χ1n) is 5.83. The Morgan fingerprint density at radius 1 is 1.19 bits per heavy atom. The molecule has 90 valence electrons. The zero-order valence-electron chi connectivity index (χ0n) is 10.6. The average Bonchev–Trinajstić information content (AvgIpc) is 2.50. The second kappa shape index (κ2) is 7.79. The van der Waals surface area contributed by atoms with E-state index in [2.05, 4.69) is 0 Å². The minimum Gasteiger partial charge on any atom is -0.448 e. The molecule has 0 aromatic carbocycles. The second-order valence-corrected chi connectivity index (χ2v) is 5.00. The molecule has 0 spiro atoms. The van der Waals surface area contributed by atoms with E-state index in [4.69, 9.17) is 0 Å². The summed E-state index contributed by atoms with van der Waals surface area (Å²) in [6.45, 7) is -0.145. The maximum atomic E-state index is 12.4. The van der Waals surface area contributed by atoms with E-state index >= 15 is 0 Å². The van der Waals surface area contributed by atoms with E-state index in [1.807, 2.05) is 13.8 Å². The van der Waals surface area contributed by atoms with Gasteiger partial charge in [0, 0.05) is 6.04 Å². The van der Waals surface area contributed by atoms with Gasteiger partial charge in [-0.3, -0.25) is 0 Å². The normalized spacial score (nSPS) is 18.2. The molecule has 1 saturated carbocycles. The number of rotatable bonds is 5. The summed E-state index contributed by atoms with van der Waals surface area (Å²) in [4.78, 5) is 1.65. The van der Waals surface area contributed by atoms with Gasteiger partial charge >= 0.3 is 58.4 Å². The second-order valence-electron chi connectivity index (χ2n) is 5.00. The van der Waals surface area contributed by atoms with Crippen molar-refractivity contribution in [1.29, 1.82) is 0 Å². The van der Waals surface area contributed by atoms with Crippen molar-refractivity contribution in [3.8, 4) is 0 Å². The van der Waals surface area contributed by atoms with E-state index < -0.39 is 13.4 Å². The first-order valence-corrected chi connectivity index (χ1v) is 5.83. The minimum absolute atomic E-state index is 0. The van der Waals surface area contributed by atoms with Crippen LogP contribution in [0.3, 0.4) is 0 Å². The van der Waals surface area contributed by atoms with E-state index in [1.165, 1.54) is 0 Å². The molecule has 0 amide bonds. The molecule has 0 atom stereocenters. The van der Waals surface area contributed by atoms with Crippen LogP contribution in [-0.2, 0) is 0 Å². The van der Waals surface area contributed by atoms with E-state index in [0.29, 0.717) is 12.5 Å². The van der Waals surface area contributed by atoms with Crippen LogP contribution < -0.4 is 51.4 Å². The summed E-state index contributed by atoms with van der Waals surface area (Å²) in [5, 5.41) is 0. The third-order valence-corrected chi connectivity index (χ3v) is 2.88. The van der Waals surface area contributed by atoms with Gasteiger partial charge < -0.3 is 17.8 Å². The Labute approximate surface area is 139 Å². The Morgan fingerprint density at radius 3 is 2.06 bits per heavy atom. The van der Waals surface area contributed by atoms with Crippen molar-refractivity contribution in [3.05, 3.63) is 0 Å². The molecule has 0 heterocycles. The van der Waals surface area contributed by atoms with Crippen molar-refractivity contribution in [2.45, 2.75) is 45.6 Å². The standard InChI is InChI=1S/C10H20BF3N.K/c1-9(2)7-15(8-11(12,13)14)10-5-3-4-6-10;/h9-10H,3-8H2,1-2H3;/q-1;+1. The molecular formula is C10H20BF3KN. The molecule has 6 heteroatoms. The Hall–Kier alpha value is 1.45. The van der Waals surface area contributed by atoms with Gasteiger partial charge in [0.2, 0.25) is 0 Å². The van der Waals surface area contributed by atoms with Crippen LogP contribution in [0.5, 0.6) is 0 Å². The number of nitrogens with zero attached hydrogens (tertiary/aromatic N) is 1. The van der Waals surface area contributed by atoms with Crippen molar-refractivity contribution in [1.82, 2.24) is 4.90 Å². The summed E-state index contributed by atoms with van der Waals surface area (Å²) in [6, 6.07) is 0.177. The fourth-order valence-corrected chi connectivity index (χ4v) is 2.38. The van der Waals surface area contributed by atoms with Crippen molar-refractivity contribution < 1.29 is 64.3 Å². The first-order chi connectivity index (χ1) is 6.88. The molecule has 0 aromatic rings. The summed E-state index contributed by atoms with van der Waals surface area (Å²) >= 11 is 0. The molecule has 0 bridgehead atoms. The van der Waals surface area contributed by atoms with E-state index in [9.17, 15) is 12.9 Å². The Bertz CT molecular complexity index is 193. The van der Waals surface area contributed by atoms with Gasteiger partial charge in [0.05, 0.1) is 0 Å². The molecule has 0 radical (unpaired) electrons. The average molecular weight is 261 g/mol. The van der Waals surface area contributed by atoms with Crippen molar-refractivity contribution in [3.63, 3.8) is 0 Å². The van der Waals surface area contributed by atoms with E-state index in [-0.39, 0.29) is 57.4 Å². The minimum atomic E-state index is -4.67. The zero-order valence-corrected chi connectivity index (χ0v) is 13.7. The molecule has 0 aromatic heterocycles. The van der Waals surface area contributed by atoms with Crippen molar-refractivity contribution >= 4 is 6.98 Å². The summed E-state index contributed by atoms with van der Waals surface area (Å²) in [5.41, 5.74) is 0. The molecular weight excluding hydrogens is 241 g/mol. The molecule has 1 nitrogen and oxygen atoms in total. The van der Waals surface area contributed by atoms with Gasteiger partial charge in [-0.2, -0.15) is 0 Å². The van der Waals surface area contributed by atoms with Crippen LogP contribution in [0.15, 0.2) is 0 Å². The largest absolute Gasteiger partial charge is 1.00 e. The number of hydrogen-bond acceptors (Lipinski definition) is 1. The molecule has 0 unspecified atom stereocenters. The van der Waals surface area contributed by atoms with Gasteiger partial charge in [-0.15, -0.1) is 0 Å².